The minimum atomic E-state index is -3.94. The van der Waals surface area contributed by atoms with Crippen LogP contribution in [0.1, 0.15) is 41.6 Å². The Hall–Kier alpha value is -2.55. The van der Waals surface area contributed by atoms with E-state index in [1.807, 2.05) is 17.8 Å². The summed E-state index contributed by atoms with van der Waals surface area (Å²) in [5.74, 6) is 1.39. The highest BCUT2D eigenvalue weighted by Gasteiger charge is 2.59. The van der Waals surface area contributed by atoms with Crippen molar-refractivity contribution in [2.45, 2.75) is 42.0 Å². The van der Waals surface area contributed by atoms with Crippen molar-refractivity contribution in [3.05, 3.63) is 88.7 Å². The Morgan fingerprint density at radius 1 is 1.03 bits per heavy atom. The first-order valence-corrected chi connectivity index (χ1v) is 15.4. The first-order chi connectivity index (χ1) is 17.8. The third-order valence-electron chi connectivity index (χ3n) is 7.76. The number of halogens is 2. The normalized spacial score (nSPS) is 20.6. The van der Waals surface area contributed by atoms with Crippen molar-refractivity contribution in [1.82, 2.24) is 0 Å². The number of rotatable bonds is 5. The first kappa shape index (κ1) is 24.8. The SMILES string of the molecule is O=C(Nc1cccc(Cl)c1)c1ccc2c(c1)C1(CCSCC1)C(C1CC1)N2S(=O)(=O)c1ccc(F)cc1. The van der Waals surface area contributed by atoms with Crippen molar-refractivity contribution in [3.63, 3.8) is 0 Å². The fraction of sp³-hybridized carbons (Fsp3) is 0.321. The quantitative estimate of drug-likeness (QED) is 0.390. The Bertz CT molecular complexity index is 1470. The van der Waals surface area contributed by atoms with Crippen LogP contribution in [0.5, 0.6) is 0 Å². The van der Waals surface area contributed by atoms with Gasteiger partial charge in [0.15, 0.2) is 0 Å². The molecule has 3 aromatic rings. The molecule has 1 aliphatic carbocycles. The molecule has 1 atom stereocenters. The lowest BCUT2D eigenvalue weighted by Gasteiger charge is -2.41. The number of hydrogen-bond donors (Lipinski definition) is 1. The lowest BCUT2D eigenvalue weighted by atomic mass is 9.70. The number of nitrogens with zero attached hydrogens (tertiary/aromatic N) is 1. The van der Waals surface area contributed by atoms with Crippen molar-refractivity contribution in [1.29, 1.82) is 0 Å². The Kier molecular flexibility index (Phi) is 6.24. The first-order valence-electron chi connectivity index (χ1n) is 12.4. The van der Waals surface area contributed by atoms with Gasteiger partial charge in [-0.1, -0.05) is 17.7 Å². The summed E-state index contributed by atoms with van der Waals surface area (Å²) in [4.78, 5) is 13.3. The van der Waals surface area contributed by atoms with E-state index >= 15 is 0 Å². The molecule has 2 fully saturated rings. The monoisotopic (exact) mass is 556 g/mol. The smallest absolute Gasteiger partial charge is 0.264 e. The van der Waals surface area contributed by atoms with Crippen LogP contribution in [0.15, 0.2) is 71.6 Å². The molecule has 1 spiro atoms. The zero-order valence-electron chi connectivity index (χ0n) is 20.0. The van der Waals surface area contributed by atoms with Crippen molar-refractivity contribution in [2.75, 3.05) is 21.1 Å². The summed E-state index contributed by atoms with van der Waals surface area (Å²) < 4.78 is 43.4. The number of amides is 1. The number of carbonyl (C=O) groups excluding carboxylic acids is 1. The minimum Gasteiger partial charge on any atom is -0.322 e. The van der Waals surface area contributed by atoms with E-state index in [0.717, 1.165) is 42.8 Å². The predicted octanol–water partition coefficient (Wildman–Crippen LogP) is 6.48. The summed E-state index contributed by atoms with van der Waals surface area (Å²) >= 11 is 7.96. The summed E-state index contributed by atoms with van der Waals surface area (Å²) in [7, 11) is -3.94. The zero-order valence-corrected chi connectivity index (χ0v) is 22.4. The lowest BCUT2D eigenvalue weighted by Crippen LogP contribution is -2.50. The van der Waals surface area contributed by atoms with E-state index in [2.05, 4.69) is 5.32 Å². The molecule has 0 bridgehead atoms. The largest absolute Gasteiger partial charge is 0.322 e. The molecule has 1 unspecified atom stereocenters. The molecule has 9 heteroatoms. The van der Waals surface area contributed by atoms with Crippen LogP contribution in [0.3, 0.4) is 0 Å². The van der Waals surface area contributed by atoms with E-state index in [0.29, 0.717) is 22.0 Å². The Balaban J connectivity index is 1.46. The molecule has 37 heavy (non-hydrogen) atoms. The fourth-order valence-corrected chi connectivity index (χ4v) is 9.14. The number of fused-ring (bicyclic) bond motifs is 2. The van der Waals surface area contributed by atoms with Gasteiger partial charge in [0, 0.05) is 21.7 Å². The molecular formula is C28H26ClFN2O3S2. The van der Waals surface area contributed by atoms with Gasteiger partial charge in [-0.25, -0.2) is 12.8 Å². The fourth-order valence-electron chi connectivity index (χ4n) is 5.93. The molecule has 2 aliphatic heterocycles. The van der Waals surface area contributed by atoms with Crippen LogP contribution in [-0.4, -0.2) is 31.9 Å². The van der Waals surface area contributed by atoms with Gasteiger partial charge >= 0.3 is 0 Å². The second-order valence-electron chi connectivity index (χ2n) is 10.0. The Morgan fingerprint density at radius 2 is 1.76 bits per heavy atom. The number of benzene rings is 3. The summed E-state index contributed by atoms with van der Waals surface area (Å²) in [6.07, 6.45) is 3.65. The van der Waals surface area contributed by atoms with Crippen molar-refractivity contribution in [3.8, 4) is 0 Å². The highest BCUT2D eigenvalue weighted by atomic mass is 35.5. The van der Waals surface area contributed by atoms with Gasteiger partial charge in [0.05, 0.1) is 16.6 Å². The maximum atomic E-state index is 14.1. The zero-order chi connectivity index (χ0) is 25.8. The van der Waals surface area contributed by atoms with E-state index < -0.39 is 15.8 Å². The van der Waals surface area contributed by atoms with Gasteiger partial charge in [-0.15, -0.1) is 0 Å². The molecule has 192 valence electrons. The van der Waals surface area contributed by atoms with Gasteiger partial charge in [0.2, 0.25) is 0 Å². The molecular weight excluding hydrogens is 531 g/mol. The summed E-state index contributed by atoms with van der Waals surface area (Å²) in [5, 5.41) is 3.43. The summed E-state index contributed by atoms with van der Waals surface area (Å²) in [6.45, 7) is 0. The molecule has 1 N–H and O–H groups in total. The maximum Gasteiger partial charge on any atom is 0.264 e. The van der Waals surface area contributed by atoms with Crippen LogP contribution in [-0.2, 0) is 15.4 Å². The van der Waals surface area contributed by atoms with Gasteiger partial charge in [0.1, 0.15) is 5.82 Å². The molecule has 5 nitrogen and oxygen atoms in total. The van der Waals surface area contributed by atoms with Crippen molar-refractivity contribution in [2.24, 2.45) is 5.92 Å². The highest BCUT2D eigenvalue weighted by Crippen LogP contribution is 2.59. The molecule has 3 aromatic carbocycles. The summed E-state index contributed by atoms with van der Waals surface area (Å²) in [5.41, 5.74) is 2.27. The molecule has 2 heterocycles. The van der Waals surface area contributed by atoms with E-state index in [1.165, 1.54) is 24.3 Å². The van der Waals surface area contributed by atoms with E-state index in [-0.39, 0.29) is 28.2 Å². The number of anilines is 2. The minimum absolute atomic E-state index is 0.0792. The average molecular weight is 557 g/mol. The van der Waals surface area contributed by atoms with Gasteiger partial charge in [0.25, 0.3) is 15.9 Å². The molecule has 0 aromatic heterocycles. The van der Waals surface area contributed by atoms with Crippen LogP contribution in [0, 0.1) is 11.7 Å². The van der Waals surface area contributed by atoms with Gasteiger partial charge in [-0.3, -0.25) is 9.10 Å². The van der Waals surface area contributed by atoms with Crippen LogP contribution in [0.25, 0.3) is 0 Å². The number of nitrogens with one attached hydrogen (secondary N) is 1. The number of carbonyl (C=O) groups is 1. The van der Waals surface area contributed by atoms with Gasteiger partial charge in [-0.05, 0) is 109 Å². The predicted molar refractivity (Wildman–Crippen MR) is 147 cm³/mol. The second-order valence-corrected chi connectivity index (χ2v) is 13.5. The van der Waals surface area contributed by atoms with Crippen LogP contribution in [0.2, 0.25) is 5.02 Å². The number of hydrogen-bond acceptors (Lipinski definition) is 4. The molecule has 1 saturated carbocycles. The van der Waals surface area contributed by atoms with Crippen LogP contribution in [0.4, 0.5) is 15.8 Å². The van der Waals surface area contributed by atoms with E-state index in [9.17, 15) is 17.6 Å². The Labute approximate surface area is 225 Å². The molecule has 3 aliphatic rings. The van der Waals surface area contributed by atoms with Crippen LogP contribution < -0.4 is 9.62 Å². The third kappa shape index (κ3) is 4.33. The molecule has 6 rings (SSSR count). The van der Waals surface area contributed by atoms with Crippen LogP contribution >= 0.6 is 23.4 Å². The van der Waals surface area contributed by atoms with E-state index in [1.54, 1.807) is 40.7 Å². The molecule has 1 amide bonds. The second kappa shape index (κ2) is 9.33. The molecule has 0 radical (unpaired) electrons. The maximum absolute atomic E-state index is 14.1. The van der Waals surface area contributed by atoms with Crippen molar-refractivity contribution >= 4 is 50.7 Å². The molecule has 1 saturated heterocycles. The third-order valence-corrected chi connectivity index (χ3v) is 10.8. The van der Waals surface area contributed by atoms with Gasteiger partial charge in [-0.2, -0.15) is 11.8 Å². The lowest BCUT2D eigenvalue weighted by molar-refractivity contribution is 0.102. The van der Waals surface area contributed by atoms with E-state index in [4.69, 9.17) is 11.6 Å². The highest BCUT2D eigenvalue weighted by molar-refractivity contribution is 7.99. The summed E-state index contributed by atoms with van der Waals surface area (Å²) in [6, 6.07) is 17.2. The van der Waals surface area contributed by atoms with Gasteiger partial charge < -0.3 is 5.32 Å². The van der Waals surface area contributed by atoms with Crippen molar-refractivity contribution < 1.29 is 17.6 Å². The number of thioether (sulfide) groups is 1. The topological polar surface area (TPSA) is 66.5 Å². The Morgan fingerprint density at radius 3 is 2.43 bits per heavy atom. The average Bonchev–Trinajstić information content (AvgIpc) is 3.69. The number of sulfonamides is 1. The standard InChI is InChI=1S/C28H26ClFN2O3S2/c29-20-2-1-3-22(17-20)31-27(33)19-6-11-25-24(16-19)28(12-14-36-15-13-28)26(18-4-5-18)32(25)37(34,35)23-9-7-21(30)8-10-23/h1-3,6-11,16-18,26H,4-5,12-15H2,(H,31,33).